The van der Waals surface area contributed by atoms with Gasteiger partial charge in [0.2, 0.25) is 0 Å². The predicted molar refractivity (Wildman–Crippen MR) is 103 cm³/mol. The van der Waals surface area contributed by atoms with Crippen LogP contribution in [0.25, 0.3) is 0 Å². The minimum Gasteiger partial charge on any atom is -0.454 e. The molecule has 0 unspecified atom stereocenters. The molecule has 7 heteroatoms. The lowest BCUT2D eigenvalue weighted by Gasteiger charge is -2.41. The van der Waals surface area contributed by atoms with Gasteiger partial charge in [-0.3, -0.25) is 9.69 Å². The SMILES string of the molecule is CC(=O)OC1(c2cccc(C(F)(F)F)c2)CCN(Cc2ccccc2)CC1.Cl. The van der Waals surface area contributed by atoms with Crippen molar-refractivity contribution in [1.29, 1.82) is 0 Å². The number of rotatable bonds is 4. The van der Waals surface area contributed by atoms with E-state index in [0.29, 0.717) is 31.5 Å². The van der Waals surface area contributed by atoms with Crippen LogP contribution in [0.2, 0.25) is 0 Å². The van der Waals surface area contributed by atoms with Gasteiger partial charge in [-0.05, 0) is 23.3 Å². The van der Waals surface area contributed by atoms with E-state index >= 15 is 0 Å². The van der Waals surface area contributed by atoms with E-state index in [1.165, 1.54) is 18.6 Å². The Morgan fingerprint density at radius 3 is 2.29 bits per heavy atom. The molecule has 0 atom stereocenters. The van der Waals surface area contributed by atoms with Gasteiger partial charge in [-0.15, -0.1) is 12.4 Å². The Kier molecular flexibility index (Phi) is 7.12. The topological polar surface area (TPSA) is 29.5 Å². The fourth-order valence-corrected chi connectivity index (χ4v) is 3.62. The van der Waals surface area contributed by atoms with E-state index in [-0.39, 0.29) is 12.4 Å². The summed E-state index contributed by atoms with van der Waals surface area (Å²) in [5.41, 5.74) is -0.151. The van der Waals surface area contributed by atoms with E-state index in [9.17, 15) is 18.0 Å². The summed E-state index contributed by atoms with van der Waals surface area (Å²) in [6, 6.07) is 15.1. The van der Waals surface area contributed by atoms with Gasteiger partial charge >= 0.3 is 12.1 Å². The Morgan fingerprint density at radius 2 is 1.71 bits per heavy atom. The summed E-state index contributed by atoms with van der Waals surface area (Å²) in [5, 5.41) is 0. The highest BCUT2D eigenvalue weighted by molar-refractivity contribution is 5.85. The summed E-state index contributed by atoms with van der Waals surface area (Å²) >= 11 is 0. The van der Waals surface area contributed by atoms with E-state index in [0.717, 1.165) is 18.7 Å². The minimum absolute atomic E-state index is 0. The van der Waals surface area contributed by atoms with E-state index in [4.69, 9.17) is 4.74 Å². The van der Waals surface area contributed by atoms with Gasteiger partial charge in [-0.25, -0.2) is 0 Å². The van der Waals surface area contributed by atoms with Crippen LogP contribution < -0.4 is 0 Å². The third-order valence-electron chi connectivity index (χ3n) is 4.97. The van der Waals surface area contributed by atoms with Gasteiger partial charge in [0.05, 0.1) is 5.56 Å². The predicted octanol–water partition coefficient (Wildman–Crippen LogP) is 5.18. The molecule has 0 bridgehead atoms. The van der Waals surface area contributed by atoms with Crippen molar-refractivity contribution < 1.29 is 22.7 Å². The number of piperidine rings is 1. The van der Waals surface area contributed by atoms with Crippen LogP contribution in [0.1, 0.15) is 36.5 Å². The molecule has 1 aliphatic rings. The lowest BCUT2D eigenvalue weighted by molar-refractivity contribution is -0.164. The van der Waals surface area contributed by atoms with Gasteiger partial charge in [0, 0.05) is 39.4 Å². The standard InChI is InChI=1S/C21H22F3NO2.ClH/c1-16(26)27-20(18-8-5-9-19(14-18)21(22,23)24)10-12-25(13-11-20)15-17-6-3-2-4-7-17;/h2-9,14H,10-13,15H2,1H3;1H. The van der Waals surface area contributed by atoms with Crippen molar-refractivity contribution in [2.45, 2.75) is 38.1 Å². The number of hydrogen-bond donors (Lipinski definition) is 0. The van der Waals surface area contributed by atoms with E-state index in [1.54, 1.807) is 6.07 Å². The molecular formula is C21H23ClF3NO2. The number of esters is 1. The summed E-state index contributed by atoms with van der Waals surface area (Å²) in [6.07, 6.45) is -3.51. The first-order chi connectivity index (χ1) is 12.8. The quantitative estimate of drug-likeness (QED) is 0.647. The molecule has 2 aromatic carbocycles. The van der Waals surface area contributed by atoms with Gasteiger partial charge in [-0.2, -0.15) is 13.2 Å². The molecule has 0 radical (unpaired) electrons. The Bertz CT molecular complexity index is 788. The largest absolute Gasteiger partial charge is 0.454 e. The third kappa shape index (κ3) is 5.26. The number of benzene rings is 2. The number of carbonyl (C=O) groups excluding carboxylic acids is 1. The maximum Gasteiger partial charge on any atom is 0.416 e. The molecule has 1 heterocycles. The van der Waals surface area contributed by atoms with Gasteiger partial charge in [0.25, 0.3) is 0 Å². The van der Waals surface area contributed by atoms with Crippen LogP contribution in [0.4, 0.5) is 13.2 Å². The molecule has 1 aliphatic heterocycles. The smallest absolute Gasteiger partial charge is 0.416 e. The van der Waals surface area contributed by atoms with Crippen LogP contribution in [0.3, 0.4) is 0 Å². The minimum atomic E-state index is -4.43. The lowest BCUT2D eigenvalue weighted by Crippen LogP contribution is -2.44. The zero-order valence-corrected chi connectivity index (χ0v) is 16.4. The molecule has 0 aliphatic carbocycles. The van der Waals surface area contributed by atoms with Crippen molar-refractivity contribution in [3.05, 3.63) is 71.3 Å². The molecule has 0 spiro atoms. The monoisotopic (exact) mass is 413 g/mol. The molecule has 0 saturated carbocycles. The van der Waals surface area contributed by atoms with Crippen LogP contribution in [0.5, 0.6) is 0 Å². The Morgan fingerprint density at radius 1 is 1.07 bits per heavy atom. The van der Waals surface area contributed by atoms with Crippen molar-refractivity contribution in [3.63, 3.8) is 0 Å². The highest BCUT2D eigenvalue weighted by Crippen LogP contribution is 2.40. The van der Waals surface area contributed by atoms with Gasteiger partial charge in [0.15, 0.2) is 0 Å². The molecule has 28 heavy (non-hydrogen) atoms. The third-order valence-corrected chi connectivity index (χ3v) is 4.97. The van der Waals surface area contributed by atoms with Crippen LogP contribution in [-0.4, -0.2) is 24.0 Å². The van der Waals surface area contributed by atoms with Crippen molar-refractivity contribution in [3.8, 4) is 0 Å². The summed E-state index contributed by atoms with van der Waals surface area (Å²) in [5.74, 6) is -0.482. The van der Waals surface area contributed by atoms with Crippen molar-refractivity contribution in [1.82, 2.24) is 4.90 Å². The lowest BCUT2D eigenvalue weighted by atomic mass is 9.83. The second-order valence-corrected chi connectivity index (χ2v) is 6.93. The second kappa shape index (κ2) is 8.97. The second-order valence-electron chi connectivity index (χ2n) is 6.93. The number of hydrogen-bond acceptors (Lipinski definition) is 3. The number of likely N-dealkylation sites (tertiary alicyclic amines) is 1. The number of nitrogens with zero attached hydrogens (tertiary/aromatic N) is 1. The van der Waals surface area contributed by atoms with E-state index < -0.39 is 23.3 Å². The average molecular weight is 414 g/mol. The van der Waals surface area contributed by atoms with Crippen LogP contribution in [0.15, 0.2) is 54.6 Å². The molecule has 152 valence electrons. The molecule has 0 aromatic heterocycles. The zero-order chi connectivity index (χ0) is 19.5. The normalized spacial score (nSPS) is 16.9. The van der Waals surface area contributed by atoms with Crippen molar-refractivity contribution in [2.24, 2.45) is 0 Å². The number of carbonyl (C=O) groups is 1. The highest BCUT2D eigenvalue weighted by Gasteiger charge is 2.41. The summed E-state index contributed by atoms with van der Waals surface area (Å²) in [4.78, 5) is 13.9. The van der Waals surface area contributed by atoms with E-state index in [2.05, 4.69) is 4.90 Å². The first kappa shape index (κ1) is 22.2. The number of alkyl halides is 3. The summed E-state index contributed by atoms with van der Waals surface area (Å²) in [6.45, 7) is 3.34. The Hall–Kier alpha value is -2.05. The van der Waals surface area contributed by atoms with Crippen LogP contribution in [-0.2, 0) is 27.9 Å². The maximum absolute atomic E-state index is 13.1. The molecule has 0 N–H and O–H groups in total. The van der Waals surface area contributed by atoms with Crippen molar-refractivity contribution in [2.75, 3.05) is 13.1 Å². The average Bonchev–Trinajstić information content (AvgIpc) is 2.63. The molecule has 3 nitrogen and oxygen atoms in total. The summed E-state index contributed by atoms with van der Waals surface area (Å²) < 4.78 is 44.9. The molecule has 0 amide bonds. The zero-order valence-electron chi connectivity index (χ0n) is 15.5. The first-order valence-corrected chi connectivity index (χ1v) is 8.92. The van der Waals surface area contributed by atoms with Gasteiger partial charge in [0.1, 0.15) is 5.60 Å². The molecular weight excluding hydrogens is 391 g/mol. The van der Waals surface area contributed by atoms with E-state index in [1.807, 2.05) is 30.3 Å². The molecule has 1 fully saturated rings. The number of ether oxygens (including phenoxy) is 1. The van der Waals surface area contributed by atoms with Gasteiger partial charge in [-0.1, -0.05) is 42.5 Å². The molecule has 1 saturated heterocycles. The van der Waals surface area contributed by atoms with Crippen molar-refractivity contribution >= 4 is 18.4 Å². The highest BCUT2D eigenvalue weighted by atomic mass is 35.5. The fraction of sp³-hybridized carbons (Fsp3) is 0.381. The summed E-state index contributed by atoms with van der Waals surface area (Å²) in [7, 11) is 0. The Labute approximate surface area is 168 Å². The number of halogens is 4. The molecule has 2 aromatic rings. The molecule has 3 rings (SSSR count). The van der Waals surface area contributed by atoms with Crippen LogP contribution in [0, 0.1) is 0 Å². The Balaban J connectivity index is 0.00000280. The maximum atomic E-state index is 13.1. The fourth-order valence-electron chi connectivity index (χ4n) is 3.62. The first-order valence-electron chi connectivity index (χ1n) is 8.92. The van der Waals surface area contributed by atoms with Gasteiger partial charge < -0.3 is 4.74 Å². The van der Waals surface area contributed by atoms with Crippen LogP contribution >= 0.6 is 12.4 Å².